The molecule has 6 heteroatoms. The van der Waals surface area contributed by atoms with Gasteiger partial charge in [0.25, 0.3) is 5.91 Å². The van der Waals surface area contributed by atoms with E-state index in [9.17, 15) is 4.79 Å². The van der Waals surface area contributed by atoms with Crippen LogP contribution in [0.5, 0.6) is 5.75 Å². The van der Waals surface area contributed by atoms with Gasteiger partial charge in [-0.15, -0.1) is 10.2 Å². The maximum atomic E-state index is 12.3. The monoisotopic (exact) mass is 348 g/mol. The molecule has 3 aromatic rings. The number of nitrogens with zero attached hydrogens (tertiary/aromatic N) is 2. The summed E-state index contributed by atoms with van der Waals surface area (Å²) in [6.07, 6.45) is 0. The van der Waals surface area contributed by atoms with Gasteiger partial charge in [0, 0.05) is 11.3 Å². The number of anilines is 3. The van der Waals surface area contributed by atoms with E-state index in [2.05, 4.69) is 20.8 Å². The average molecular weight is 348 g/mol. The van der Waals surface area contributed by atoms with Crippen molar-refractivity contribution in [3.05, 3.63) is 71.8 Å². The fraction of sp³-hybridized carbons (Fsp3) is 0.150. The molecule has 0 bridgehead atoms. The third-order valence-corrected chi connectivity index (χ3v) is 3.73. The Hall–Kier alpha value is -3.41. The molecule has 1 aromatic heterocycles. The number of carbonyl (C=O) groups is 1. The molecule has 26 heavy (non-hydrogen) atoms. The molecular formula is C20H20N4O2. The molecule has 1 heterocycles. The van der Waals surface area contributed by atoms with Crippen molar-refractivity contribution in [1.29, 1.82) is 0 Å². The van der Waals surface area contributed by atoms with E-state index in [0.29, 0.717) is 23.8 Å². The number of rotatable bonds is 6. The molecule has 0 spiro atoms. The Morgan fingerprint density at radius 1 is 0.962 bits per heavy atom. The van der Waals surface area contributed by atoms with Crippen LogP contribution in [-0.4, -0.2) is 22.7 Å². The Morgan fingerprint density at radius 2 is 1.65 bits per heavy atom. The molecule has 6 nitrogen and oxygen atoms in total. The number of amides is 1. The SMILES string of the molecule is CCOc1ccc(Nc2ccc(NC(=O)c3ccccc3C)nn2)cc1. The highest BCUT2D eigenvalue weighted by atomic mass is 16.5. The van der Waals surface area contributed by atoms with Crippen molar-refractivity contribution < 1.29 is 9.53 Å². The van der Waals surface area contributed by atoms with Crippen molar-refractivity contribution in [3.63, 3.8) is 0 Å². The fourth-order valence-corrected chi connectivity index (χ4v) is 2.43. The quantitative estimate of drug-likeness (QED) is 0.699. The summed E-state index contributed by atoms with van der Waals surface area (Å²) >= 11 is 0. The molecule has 0 radical (unpaired) electrons. The highest BCUT2D eigenvalue weighted by Crippen LogP contribution is 2.19. The second kappa shape index (κ2) is 8.11. The van der Waals surface area contributed by atoms with E-state index in [1.807, 2.05) is 56.3 Å². The van der Waals surface area contributed by atoms with Crippen LogP contribution in [0, 0.1) is 6.92 Å². The molecule has 0 unspecified atom stereocenters. The van der Waals surface area contributed by atoms with Gasteiger partial charge in [0.05, 0.1) is 6.61 Å². The van der Waals surface area contributed by atoms with Gasteiger partial charge in [-0.3, -0.25) is 4.79 Å². The van der Waals surface area contributed by atoms with Crippen LogP contribution in [-0.2, 0) is 0 Å². The topological polar surface area (TPSA) is 76.1 Å². The summed E-state index contributed by atoms with van der Waals surface area (Å²) in [6.45, 7) is 4.47. The van der Waals surface area contributed by atoms with Crippen LogP contribution in [0.3, 0.4) is 0 Å². The second-order valence-corrected chi connectivity index (χ2v) is 5.66. The standard InChI is InChI=1S/C20H20N4O2/c1-3-26-16-10-8-15(9-11-16)21-18-12-13-19(24-23-18)22-20(25)17-7-5-4-6-14(17)2/h4-13H,3H2,1-2H3,(H,21,23)(H,22,24,25). The molecule has 3 rings (SSSR count). The minimum atomic E-state index is -0.204. The first-order valence-electron chi connectivity index (χ1n) is 8.36. The Labute approximate surface area is 152 Å². The normalized spacial score (nSPS) is 10.2. The van der Waals surface area contributed by atoms with Gasteiger partial charge in [0.15, 0.2) is 11.6 Å². The number of hydrogen-bond acceptors (Lipinski definition) is 5. The number of nitrogens with one attached hydrogen (secondary N) is 2. The van der Waals surface area contributed by atoms with E-state index in [1.54, 1.807) is 18.2 Å². The molecule has 0 fully saturated rings. The summed E-state index contributed by atoms with van der Waals surface area (Å²) in [5.74, 6) is 1.60. The number of ether oxygens (including phenoxy) is 1. The molecule has 2 N–H and O–H groups in total. The van der Waals surface area contributed by atoms with Crippen molar-refractivity contribution in [2.24, 2.45) is 0 Å². The van der Waals surface area contributed by atoms with Crippen molar-refractivity contribution in [1.82, 2.24) is 10.2 Å². The van der Waals surface area contributed by atoms with Crippen LogP contribution in [0.4, 0.5) is 17.3 Å². The van der Waals surface area contributed by atoms with Gasteiger partial charge in [-0.1, -0.05) is 18.2 Å². The molecule has 0 saturated heterocycles. The molecule has 0 aliphatic heterocycles. The van der Waals surface area contributed by atoms with E-state index in [0.717, 1.165) is 17.0 Å². The number of aryl methyl sites for hydroxylation is 1. The van der Waals surface area contributed by atoms with E-state index in [4.69, 9.17) is 4.74 Å². The molecule has 0 aliphatic rings. The van der Waals surface area contributed by atoms with Crippen LogP contribution >= 0.6 is 0 Å². The van der Waals surface area contributed by atoms with Gasteiger partial charge in [-0.2, -0.15) is 0 Å². The Morgan fingerprint density at radius 3 is 2.31 bits per heavy atom. The first-order chi connectivity index (χ1) is 12.7. The van der Waals surface area contributed by atoms with E-state index >= 15 is 0 Å². The summed E-state index contributed by atoms with van der Waals surface area (Å²) in [6, 6.07) is 18.4. The minimum Gasteiger partial charge on any atom is -0.494 e. The summed E-state index contributed by atoms with van der Waals surface area (Å²) in [7, 11) is 0. The highest BCUT2D eigenvalue weighted by Gasteiger charge is 2.09. The minimum absolute atomic E-state index is 0.204. The van der Waals surface area contributed by atoms with Gasteiger partial charge >= 0.3 is 0 Å². The van der Waals surface area contributed by atoms with Gasteiger partial charge in [0.2, 0.25) is 0 Å². The van der Waals surface area contributed by atoms with Crippen molar-refractivity contribution >= 4 is 23.2 Å². The van der Waals surface area contributed by atoms with Crippen LogP contribution in [0.15, 0.2) is 60.7 Å². The van der Waals surface area contributed by atoms with E-state index < -0.39 is 0 Å². The molecule has 0 atom stereocenters. The predicted octanol–water partition coefficient (Wildman–Crippen LogP) is 4.18. The summed E-state index contributed by atoms with van der Waals surface area (Å²) in [4.78, 5) is 12.3. The van der Waals surface area contributed by atoms with Gasteiger partial charge in [-0.05, 0) is 61.9 Å². The third-order valence-electron chi connectivity index (χ3n) is 3.73. The van der Waals surface area contributed by atoms with Gasteiger partial charge in [0.1, 0.15) is 5.75 Å². The summed E-state index contributed by atoms with van der Waals surface area (Å²) < 4.78 is 5.41. The van der Waals surface area contributed by atoms with Gasteiger partial charge < -0.3 is 15.4 Å². The lowest BCUT2D eigenvalue weighted by Crippen LogP contribution is -2.14. The number of aromatic nitrogens is 2. The maximum Gasteiger partial charge on any atom is 0.257 e. The van der Waals surface area contributed by atoms with Gasteiger partial charge in [-0.25, -0.2) is 0 Å². The average Bonchev–Trinajstić information content (AvgIpc) is 2.65. The number of benzene rings is 2. The third kappa shape index (κ3) is 4.36. The number of carbonyl (C=O) groups excluding carboxylic acids is 1. The van der Waals surface area contributed by atoms with Crippen LogP contribution in [0.25, 0.3) is 0 Å². The number of hydrogen-bond donors (Lipinski definition) is 2. The lowest BCUT2D eigenvalue weighted by Gasteiger charge is -2.09. The van der Waals surface area contributed by atoms with Crippen LogP contribution in [0.2, 0.25) is 0 Å². The molecule has 132 valence electrons. The summed E-state index contributed by atoms with van der Waals surface area (Å²) in [5.41, 5.74) is 2.40. The largest absolute Gasteiger partial charge is 0.494 e. The Balaban J connectivity index is 1.63. The van der Waals surface area contributed by atoms with E-state index in [-0.39, 0.29) is 5.91 Å². The Kier molecular flexibility index (Phi) is 5.43. The molecule has 1 amide bonds. The predicted molar refractivity (Wildman–Crippen MR) is 102 cm³/mol. The van der Waals surface area contributed by atoms with Crippen molar-refractivity contribution in [2.45, 2.75) is 13.8 Å². The second-order valence-electron chi connectivity index (χ2n) is 5.66. The zero-order valence-corrected chi connectivity index (χ0v) is 14.7. The van der Waals surface area contributed by atoms with Crippen LogP contribution < -0.4 is 15.4 Å². The fourth-order valence-electron chi connectivity index (χ4n) is 2.43. The van der Waals surface area contributed by atoms with Crippen molar-refractivity contribution in [2.75, 3.05) is 17.2 Å². The van der Waals surface area contributed by atoms with Crippen LogP contribution in [0.1, 0.15) is 22.8 Å². The lowest BCUT2D eigenvalue weighted by molar-refractivity contribution is 0.102. The molecule has 2 aromatic carbocycles. The molecule has 0 saturated carbocycles. The van der Waals surface area contributed by atoms with Crippen molar-refractivity contribution in [3.8, 4) is 5.75 Å². The first-order valence-corrected chi connectivity index (χ1v) is 8.36. The zero-order chi connectivity index (χ0) is 18.4. The molecular weight excluding hydrogens is 328 g/mol. The lowest BCUT2D eigenvalue weighted by atomic mass is 10.1. The zero-order valence-electron chi connectivity index (χ0n) is 14.7. The van der Waals surface area contributed by atoms with E-state index in [1.165, 1.54) is 0 Å². The maximum absolute atomic E-state index is 12.3. The summed E-state index contributed by atoms with van der Waals surface area (Å²) in [5, 5.41) is 14.1. The Bertz CT molecular complexity index is 877. The smallest absolute Gasteiger partial charge is 0.257 e. The molecule has 0 aliphatic carbocycles. The highest BCUT2D eigenvalue weighted by molar-refractivity contribution is 6.04. The first kappa shape index (κ1) is 17.4.